The zero-order valence-corrected chi connectivity index (χ0v) is 11.1. The summed E-state index contributed by atoms with van der Waals surface area (Å²) in [6.45, 7) is 1.54. The van der Waals surface area contributed by atoms with Crippen molar-refractivity contribution in [3.05, 3.63) is 16.3 Å². The predicted molar refractivity (Wildman–Crippen MR) is 66.3 cm³/mol. The molecule has 2 aliphatic rings. The zero-order chi connectivity index (χ0) is 13.5. The number of hydrogen-bond donors (Lipinski definition) is 2. The third-order valence-electron chi connectivity index (χ3n) is 3.75. The van der Waals surface area contributed by atoms with E-state index in [1.165, 1.54) is 4.31 Å². The molecule has 3 rings (SSSR count). The summed E-state index contributed by atoms with van der Waals surface area (Å²) >= 11 is 0. The number of aromatic nitrogens is 3. The van der Waals surface area contributed by atoms with Crippen molar-refractivity contribution in [3.8, 4) is 0 Å². The Morgan fingerprint density at radius 2 is 1.95 bits per heavy atom. The van der Waals surface area contributed by atoms with Gasteiger partial charge in [0.2, 0.25) is 10.0 Å². The minimum absolute atomic E-state index is 0.114. The van der Waals surface area contributed by atoms with E-state index < -0.39 is 10.0 Å². The molecule has 0 saturated carbocycles. The Hall–Kier alpha value is -1.19. The molecule has 0 spiro atoms. The van der Waals surface area contributed by atoms with Gasteiger partial charge in [0.15, 0.2) is 0 Å². The average Bonchev–Trinajstić information content (AvgIpc) is 2.73. The van der Waals surface area contributed by atoms with Crippen molar-refractivity contribution in [2.75, 3.05) is 26.3 Å². The number of rotatable bonds is 3. The maximum Gasteiger partial charge on any atom is 0.340 e. The first kappa shape index (κ1) is 12.8. The first-order valence-electron chi connectivity index (χ1n) is 6.28. The van der Waals surface area contributed by atoms with Crippen LogP contribution in [-0.2, 0) is 14.8 Å². The molecular weight excluding hydrogens is 272 g/mol. The van der Waals surface area contributed by atoms with E-state index in [4.69, 9.17) is 4.74 Å². The number of nitrogens with zero attached hydrogens (tertiary/aromatic N) is 2. The van der Waals surface area contributed by atoms with Crippen LogP contribution in [0.3, 0.4) is 0 Å². The van der Waals surface area contributed by atoms with E-state index >= 15 is 0 Å². The first-order valence-corrected chi connectivity index (χ1v) is 7.79. The third-order valence-corrected chi connectivity index (χ3v) is 5.95. The fourth-order valence-corrected chi connectivity index (χ4v) is 4.13. The predicted octanol–water partition coefficient (Wildman–Crippen LogP) is -0.994. The van der Waals surface area contributed by atoms with Gasteiger partial charge in [-0.1, -0.05) is 0 Å². The summed E-state index contributed by atoms with van der Waals surface area (Å²) in [5.41, 5.74) is -0.323. The van der Waals surface area contributed by atoms with Crippen molar-refractivity contribution in [1.82, 2.24) is 19.5 Å². The smallest absolute Gasteiger partial charge is 0.340 e. The van der Waals surface area contributed by atoms with Crippen LogP contribution in [0.5, 0.6) is 0 Å². The van der Waals surface area contributed by atoms with Crippen molar-refractivity contribution in [3.63, 3.8) is 0 Å². The number of sulfonamides is 1. The molecule has 1 aromatic heterocycles. The highest BCUT2D eigenvalue weighted by Gasteiger charge is 2.39. The molecule has 0 unspecified atom stereocenters. The van der Waals surface area contributed by atoms with Gasteiger partial charge in [-0.05, 0) is 12.8 Å². The van der Waals surface area contributed by atoms with Gasteiger partial charge < -0.3 is 4.74 Å². The summed E-state index contributed by atoms with van der Waals surface area (Å²) in [5, 5.41) is 5.86. The average molecular weight is 288 g/mol. The molecule has 2 fully saturated rings. The van der Waals surface area contributed by atoms with E-state index in [-0.39, 0.29) is 16.9 Å². The molecule has 0 amide bonds. The second-order valence-corrected chi connectivity index (χ2v) is 7.15. The van der Waals surface area contributed by atoms with E-state index in [2.05, 4.69) is 15.2 Å². The lowest BCUT2D eigenvalue weighted by Crippen LogP contribution is -2.50. The van der Waals surface area contributed by atoms with Gasteiger partial charge in [-0.15, -0.1) is 0 Å². The van der Waals surface area contributed by atoms with E-state index in [1.807, 2.05) is 0 Å². The number of ether oxygens (including phenoxy) is 1. The van der Waals surface area contributed by atoms with Crippen LogP contribution >= 0.6 is 0 Å². The van der Waals surface area contributed by atoms with E-state index in [0.717, 1.165) is 0 Å². The van der Waals surface area contributed by atoms with Crippen molar-refractivity contribution >= 4 is 10.0 Å². The molecule has 0 radical (unpaired) electrons. The highest BCUT2D eigenvalue weighted by Crippen LogP contribution is 2.28. The van der Waals surface area contributed by atoms with Crippen LogP contribution < -0.4 is 5.69 Å². The monoisotopic (exact) mass is 288 g/mol. The minimum atomic E-state index is -3.22. The normalized spacial score (nSPS) is 23.4. The molecule has 9 heteroatoms. The summed E-state index contributed by atoms with van der Waals surface area (Å²) in [5.74, 6) is 0.733. The molecule has 8 nitrogen and oxygen atoms in total. The second kappa shape index (κ2) is 4.73. The van der Waals surface area contributed by atoms with Crippen LogP contribution in [0.1, 0.15) is 24.6 Å². The van der Waals surface area contributed by atoms with Gasteiger partial charge in [-0.2, -0.15) is 5.10 Å². The van der Waals surface area contributed by atoms with Gasteiger partial charge in [-0.3, -0.25) is 4.98 Å². The quantitative estimate of drug-likeness (QED) is 0.742. The van der Waals surface area contributed by atoms with Crippen LogP contribution in [0, 0.1) is 0 Å². The molecule has 0 bridgehead atoms. The van der Waals surface area contributed by atoms with Crippen LogP contribution in [0.15, 0.2) is 4.79 Å². The first-order chi connectivity index (χ1) is 9.07. The molecule has 2 saturated heterocycles. The molecule has 2 N–H and O–H groups in total. The number of piperidine rings is 1. The van der Waals surface area contributed by atoms with Crippen LogP contribution in [0.4, 0.5) is 0 Å². The number of H-pyrrole nitrogens is 2. The highest BCUT2D eigenvalue weighted by molar-refractivity contribution is 7.89. The molecule has 0 aromatic carbocycles. The van der Waals surface area contributed by atoms with Crippen LogP contribution in [0.2, 0.25) is 0 Å². The summed E-state index contributed by atoms with van der Waals surface area (Å²) in [6, 6.07) is 0. The minimum Gasteiger partial charge on any atom is -0.378 e. The SMILES string of the molecule is O=c1[nH]nc(C2CCN(S(=O)(=O)C3COC3)CC2)[nH]1. The maximum absolute atomic E-state index is 12.2. The Morgan fingerprint density at radius 3 is 2.42 bits per heavy atom. The fourth-order valence-electron chi connectivity index (χ4n) is 2.46. The molecule has 0 aliphatic carbocycles. The molecule has 106 valence electrons. The maximum atomic E-state index is 12.2. The standard InChI is InChI=1S/C10H16N4O4S/c15-10-11-9(12-13-10)7-1-3-14(4-2-7)19(16,17)8-5-18-6-8/h7-8H,1-6H2,(H2,11,12,13,15). The highest BCUT2D eigenvalue weighted by atomic mass is 32.2. The Kier molecular flexibility index (Phi) is 3.19. The number of nitrogens with one attached hydrogen (secondary N) is 2. The number of aromatic amines is 2. The van der Waals surface area contributed by atoms with Crippen LogP contribution in [-0.4, -0.2) is 59.5 Å². The number of hydrogen-bond acceptors (Lipinski definition) is 5. The van der Waals surface area contributed by atoms with Gasteiger partial charge in [0.1, 0.15) is 11.1 Å². The molecule has 1 aromatic rings. The fraction of sp³-hybridized carbons (Fsp3) is 0.800. The molecule has 2 aliphatic heterocycles. The van der Waals surface area contributed by atoms with Crippen molar-refractivity contribution in [2.45, 2.75) is 24.0 Å². The molecule has 3 heterocycles. The Labute approximate surface area is 110 Å². The lowest BCUT2D eigenvalue weighted by molar-refractivity contribution is 0.0388. The largest absolute Gasteiger partial charge is 0.378 e. The molecule has 0 atom stereocenters. The zero-order valence-electron chi connectivity index (χ0n) is 10.3. The van der Waals surface area contributed by atoms with Crippen LogP contribution in [0.25, 0.3) is 0 Å². The topological polar surface area (TPSA) is 108 Å². The summed E-state index contributed by atoms with van der Waals surface area (Å²) in [7, 11) is -3.22. The van der Waals surface area contributed by atoms with E-state index in [9.17, 15) is 13.2 Å². The lowest BCUT2D eigenvalue weighted by atomic mass is 9.98. The van der Waals surface area contributed by atoms with Crippen molar-refractivity contribution in [2.24, 2.45) is 0 Å². The molecule has 19 heavy (non-hydrogen) atoms. The second-order valence-electron chi connectivity index (χ2n) is 4.94. The van der Waals surface area contributed by atoms with Gasteiger partial charge in [-0.25, -0.2) is 22.6 Å². The lowest BCUT2D eigenvalue weighted by Gasteiger charge is -2.35. The Bertz CT molecular complexity index is 595. The molecular formula is C10H16N4O4S. The van der Waals surface area contributed by atoms with Gasteiger partial charge in [0, 0.05) is 19.0 Å². The third kappa shape index (κ3) is 2.33. The summed E-state index contributed by atoms with van der Waals surface area (Å²) < 4.78 is 30.8. The van der Waals surface area contributed by atoms with Crippen molar-refractivity contribution in [1.29, 1.82) is 0 Å². The summed E-state index contributed by atoms with van der Waals surface area (Å²) in [4.78, 5) is 13.6. The van der Waals surface area contributed by atoms with Gasteiger partial charge in [0.25, 0.3) is 0 Å². The van der Waals surface area contributed by atoms with E-state index in [1.54, 1.807) is 0 Å². The van der Waals surface area contributed by atoms with Crippen molar-refractivity contribution < 1.29 is 13.2 Å². The Balaban J connectivity index is 1.64. The van der Waals surface area contributed by atoms with E-state index in [0.29, 0.717) is 45.0 Å². The Morgan fingerprint density at radius 1 is 1.26 bits per heavy atom. The van der Waals surface area contributed by atoms with Gasteiger partial charge in [0.05, 0.1) is 13.2 Å². The summed E-state index contributed by atoms with van der Waals surface area (Å²) in [6.07, 6.45) is 1.35. The van der Waals surface area contributed by atoms with Gasteiger partial charge >= 0.3 is 5.69 Å².